The highest BCUT2D eigenvalue weighted by Gasteiger charge is 2.12. The lowest BCUT2D eigenvalue weighted by molar-refractivity contribution is 0.102. The van der Waals surface area contributed by atoms with Crippen molar-refractivity contribution in [2.75, 3.05) is 16.4 Å². The molecule has 0 aliphatic rings. The molecule has 0 radical (unpaired) electrons. The number of anilines is 4. The molecule has 1 heterocycles. The Kier molecular flexibility index (Phi) is 6.85. The van der Waals surface area contributed by atoms with E-state index in [-0.39, 0.29) is 5.91 Å². The molecule has 1 aromatic heterocycles. The van der Waals surface area contributed by atoms with Crippen LogP contribution in [0.1, 0.15) is 28.4 Å². The third-order valence-corrected chi connectivity index (χ3v) is 5.29. The molecule has 4 aromatic rings. The molecule has 0 aliphatic heterocycles. The predicted molar refractivity (Wildman–Crippen MR) is 139 cm³/mol. The number of nitrogens with two attached hydrogens (primary N) is 1. The van der Waals surface area contributed by atoms with Gasteiger partial charge in [-0.05, 0) is 67.4 Å². The Labute approximate surface area is 202 Å². The fourth-order valence-electron chi connectivity index (χ4n) is 3.30. The number of amides is 1. The van der Waals surface area contributed by atoms with Gasteiger partial charge in [0.25, 0.3) is 5.91 Å². The maximum Gasteiger partial charge on any atom is 0.256 e. The van der Waals surface area contributed by atoms with Crippen LogP contribution in [0, 0.1) is 6.92 Å². The van der Waals surface area contributed by atoms with Crippen LogP contribution in [0.5, 0.6) is 0 Å². The minimum Gasteiger partial charge on any atom is -0.399 e. The van der Waals surface area contributed by atoms with Crippen LogP contribution in [0.15, 0.2) is 84.1 Å². The molecule has 0 saturated heterocycles. The van der Waals surface area contributed by atoms with Gasteiger partial charge in [-0.25, -0.2) is 9.97 Å². The summed E-state index contributed by atoms with van der Waals surface area (Å²) in [5, 5.41) is 6.56. The molecule has 170 valence electrons. The van der Waals surface area contributed by atoms with Crippen molar-refractivity contribution in [3.63, 3.8) is 0 Å². The van der Waals surface area contributed by atoms with E-state index in [0.717, 1.165) is 22.5 Å². The van der Waals surface area contributed by atoms with Crippen molar-refractivity contribution in [1.82, 2.24) is 9.97 Å². The minimum absolute atomic E-state index is 0.268. The van der Waals surface area contributed by atoms with E-state index >= 15 is 0 Å². The van der Waals surface area contributed by atoms with Crippen LogP contribution in [0.4, 0.5) is 28.7 Å². The van der Waals surface area contributed by atoms with Crippen LogP contribution < -0.4 is 16.4 Å². The predicted octanol–water partition coefficient (Wildman–Crippen LogP) is 6.16. The lowest BCUT2D eigenvalue weighted by Crippen LogP contribution is -2.14. The Bertz CT molecular complexity index is 1370. The maximum atomic E-state index is 12.9. The second-order valence-corrected chi connectivity index (χ2v) is 8.14. The molecule has 7 nitrogen and oxygen atoms in total. The highest BCUT2D eigenvalue weighted by Crippen LogP contribution is 2.22. The highest BCUT2D eigenvalue weighted by molar-refractivity contribution is 6.31. The molecular formula is C26H23ClN6O. The molecule has 0 fully saturated rings. The third kappa shape index (κ3) is 5.76. The van der Waals surface area contributed by atoms with E-state index in [4.69, 9.17) is 17.3 Å². The van der Waals surface area contributed by atoms with Gasteiger partial charge in [-0.1, -0.05) is 35.9 Å². The topological polar surface area (TPSA) is 105 Å². The zero-order valence-electron chi connectivity index (χ0n) is 18.7. The normalized spacial score (nSPS) is 11.2. The number of aliphatic imine (C=N–C) groups is 1. The SMILES string of the molecule is CC(=Nc1ccc(C)c(C(=O)Nc2cnc(Nc3cccc(N)c3)nc2)c1)c1cccc(Cl)c1. The van der Waals surface area contributed by atoms with Gasteiger partial charge in [0.2, 0.25) is 5.95 Å². The number of halogens is 1. The average molecular weight is 471 g/mol. The number of carbonyl (C=O) groups is 1. The van der Waals surface area contributed by atoms with Gasteiger partial charge in [0, 0.05) is 27.7 Å². The van der Waals surface area contributed by atoms with Crippen LogP contribution in [0.25, 0.3) is 0 Å². The number of hydrogen-bond donors (Lipinski definition) is 3. The second-order valence-electron chi connectivity index (χ2n) is 7.71. The second kappa shape index (κ2) is 10.1. The zero-order chi connectivity index (χ0) is 24.1. The summed E-state index contributed by atoms with van der Waals surface area (Å²) in [6.45, 7) is 3.78. The minimum atomic E-state index is -0.268. The fourth-order valence-corrected chi connectivity index (χ4v) is 3.49. The number of hydrogen-bond acceptors (Lipinski definition) is 6. The van der Waals surface area contributed by atoms with E-state index < -0.39 is 0 Å². The molecule has 0 aliphatic carbocycles. The molecular weight excluding hydrogens is 448 g/mol. The Balaban J connectivity index is 1.48. The molecule has 34 heavy (non-hydrogen) atoms. The molecule has 4 N–H and O–H groups in total. The number of aromatic nitrogens is 2. The molecule has 0 atom stereocenters. The number of benzene rings is 3. The number of nitrogen functional groups attached to an aromatic ring is 1. The monoisotopic (exact) mass is 470 g/mol. The summed E-state index contributed by atoms with van der Waals surface area (Å²) in [5.41, 5.74) is 11.4. The molecule has 0 bridgehead atoms. The van der Waals surface area contributed by atoms with Gasteiger partial charge in [0.05, 0.1) is 23.8 Å². The summed E-state index contributed by atoms with van der Waals surface area (Å²) in [7, 11) is 0. The maximum absolute atomic E-state index is 12.9. The first-order chi connectivity index (χ1) is 16.4. The van der Waals surface area contributed by atoms with Crippen LogP contribution in [-0.4, -0.2) is 21.6 Å². The summed E-state index contributed by atoms with van der Waals surface area (Å²) in [6.07, 6.45) is 3.08. The van der Waals surface area contributed by atoms with Crippen LogP contribution in [-0.2, 0) is 0 Å². The number of aryl methyl sites for hydroxylation is 1. The summed E-state index contributed by atoms with van der Waals surface area (Å²) in [4.78, 5) is 26.1. The Morgan fingerprint density at radius 3 is 2.47 bits per heavy atom. The lowest BCUT2D eigenvalue weighted by Gasteiger charge is -2.10. The van der Waals surface area contributed by atoms with E-state index in [9.17, 15) is 4.79 Å². The first-order valence-corrected chi connectivity index (χ1v) is 10.9. The standard InChI is InChI=1S/C26H23ClN6O/c1-16-9-10-22(31-17(2)18-5-3-6-19(27)11-18)13-24(16)25(34)32-23-14-29-26(30-15-23)33-21-8-4-7-20(28)12-21/h3-15H,28H2,1-2H3,(H,32,34)(H,29,30,33). The number of nitrogens with one attached hydrogen (secondary N) is 2. The van der Waals surface area contributed by atoms with Crippen molar-refractivity contribution in [1.29, 1.82) is 0 Å². The molecule has 0 saturated carbocycles. The van der Waals surface area contributed by atoms with E-state index in [2.05, 4.69) is 25.6 Å². The van der Waals surface area contributed by atoms with Gasteiger partial charge in [0.1, 0.15) is 0 Å². The molecule has 0 spiro atoms. The van der Waals surface area contributed by atoms with Crippen molar-refractivity contribution in [3.8, 4) is 0 Å². The summed E-state index contributed by atoms with van der Waals surface area (Å²) in [5.74, 6) is 0.128. The van der Waals surface area contributed by atoms with Crippen molar-refractivity contribution in [2.24, 2.45) is 4.99 Å². The molecule has 4 rings (SSSR count). The fraction of sp³-hybridized carbons (Fsp3) is 0.0769. The largest absolute Gasteiger partial charge is 0.399 e. The highest BCUT2D eigenvalue weighted by atomic mass is 35.5. The van der Waals surface area contributed by atoms with Crippen LogP contribution >= 0.6 is 11.6 Å². The van der Waals surface area contributed by atoms with Gasteiger partial charge in [-0.15, -0.1) is 0 Å². The summed E-state index contributed by atoms with van der Waals surface area (Å²) >= 11 is 6.09. The van der Waals surface area contributed by atoms with Crippen molar-refractivity contribution >= 4 is 51.9 Å². The van der Waals surface area contributed by atoms with E-state index in [0.29, 0.717) is 33.6 Å². The Morgan fingerprint density at radius 1 is 0.971 bits per heavy atom. The van der Waals surface area contributed by atoms with E-state index in [1.807, 2.05) is 62.4 Å². The van der Waals surface area contributed by atoms with Crippen molar-refractivity contribution in [2.45, 2.75) is 13.8 Å². The molecule has 8 heteroatoms. The Hall–Kier alpha value is -4.23. The molecule has 1 amide bonds. The zero-order valence-corrected chi connectivity index (χ0v) is 19.5. The number of nitrogens with zero attached hydrogens (tertiary/aromatic N) is 3. The van der Waals surface area contributed by atoms with E-state index in [1.165, 1.54) is 0 Å². The average Bonchev–Trinajstić information content (AvgIpc) is 2.81. The Morgan fingerprint density at radius 2 is 1.74 bits per heavy atom. The number of rotatable bonds is 6. The quantitative estimate of drug-likeness (QED) is 0.231. The van der Waals surface area contributed by atoms with Gasteiger partial charge in [0.15, 0.2) is 0 Å². The third-order valence-electron chi connectivity index (χ3n) is 5.06. The molecule has 0 unspecified atom stereocenters. The first-order valence-electron chi connectivity index (χ1n) is 10.6. The molecule has 3 aromatic carbocycles. The van der Waals surface area contributed by atoms with E-state index in [1.54, 1.807) is 30.6 Å². The van der Waals surface area contributed by atoms with Gasteiger partial charge in [-0.2, -0.15) is 0 Å². The van der Waals surface area contributed by atoms with Crippen molar-refractivity contribution < 1.29 is 4.79 Å². The summed E-state index contributed by atoms with van der Waals surface area (Å²) < 4.78 is 0. The smallest absolute Gasteiger partial charge is 0.256 e. The van der Waals surface area contributed by atoms with Gasteiger partial charge < -0.3 is 16.4 Å². The van der Waals surface area contributed by atoms with Crippen LogP contribution in [0.2, 0.25) is 5.02 Å². The van der Waals surface area contributed by atoms with Crippen LogP contribution in [0.3, 0.4) is 0 Å². The van der Waals surface area contributed by atoms with Gasteiger partial charge in [-0.3, -0.25) is 9.79 Å². The summed E-state index contributed by atoms with van der Waals surface area (Å²) in [6, 6.07) is 20.3. The lowest BCUT2D eigenvalue weighted by atomic mass is 10.1. The van der Waals surface area contributed by atoms with Gasteiger partial charge >= 0.3 is 0 Å². The first kappa shape index (κ1) is 22.9. The number of carbonyl (C=O) groups excluding carboxylic acids is 1. The van der Waals surface area contributed by atoms with Crippen molar-refractivity contribution in [3.05, 3.63) is 101 Å².